The predicted molar refractivity (Wildman–Crippen MR) is 118 cm³/mol. The van der Waals surface area contributed by atoms with Gasteiger partial charge in [0.15, 0.2) is 10.1 Å². The van der Waals surface area contributed by atoms with Crippen LogP contribution >= 0.6 is 23.1 Å². The highest BCUT2D eigenvalue weighted by atomic mass is 32.2. The fraction of sp³-hybridized carbons (Fsp3) is 0.381. The number of ketones is 1. The number of thioether (sulfide) groups is 1. The smallest absolute Gasteiger partial charge is 0.206 e. The van der Waals surface area contributed by atoms with Crippen molar-refractivity contribution in [1.82, 2.24) is 14.8 Å². The number of carbonyl (C=O) groups is 1. The molecule has 6 nitrogen and oxygen atoms in total. The van der Waals surface area contributed by atoms with Crippen LogP contribution in [0.25, 0.3) is 5.69 Å². The molecule has 8 heteroatoms. The first kappa shape index (κ1) is 20.1. The summed E-state index contributed by atoms with van der Waals surface area (Å²) in [6.45, 7) is 5.62. The van der Waals surface area contributed by atoms with Crippen LogP contribution in [0.4, 0.5) is 5.13 Å². The molecule has 0 radical (unpaired) electrons. The van der Waals surface area contributed by atoms with E-state index in [-0.39, 0.29) is 11.9 Å². The number of ether oxygens (including phenoxy) is 1. The molecule has 0 saturated carbocycles. The van der Waals surface area contributed by atoms with Crippen molar-refractivity contribution in [2.45, 2.75) is 37.1 Å². The summed E-state index contributed by atoms with van der Waals surface area (Å²) in [7, 11) is 0. The van der Waals surface area contributed by atoms with E-state index in [9.17, 15) is 4.79 Å². The number of para-hydroxylation sites is 1. The van der Waals surface area contributed by atoms with E-state index in [4.69, 9.17) is 4.74 Å². The maximum Gasteiger partial charge on any atom is 0.206 e. The minimum Gasteiger partial charge on any atom is -0.376 e. The van der Waals surface area contributed by atoms with Crippen LogP contribution in [0.3, 0.4) is 0 Å². The first-order valence-corrected chi connectivity index (χ1v) is 11.5. The number of hydrogen-bond donors (Lipinski definition) is 1. The Morgan fingerprint density at radius 2 is 2.14 bits per heavy atom. The maximum atomic E-state index is 12.8. The summed E-state index contributed by atoms with van der Waals surface area (Å²) in [5.74, 6) is 0.453. The SMILES string of the molecule is Cc1cc(C(=O)CSc2nnc(NC[C@H]3CCCO3)s2)c(C)n1-c1ccccc1. The number of anilines is 1. The normalized spacial score (nSPS) is 16.3. The van der Waals surface area contributed by atoms with Crippen LogP contribution in [0, 0.1) is 13.8 Å². The van der Waals surface area contributed by atoms with Crippen molar-refractivity contribution in [2.24, 2.45) is 0 Å². The van der Waals surface area contributed by atoms with Gasteiger partial charge in [-0.15, -0.1) is 10.2 Å². The number of Topliss-reactive ketones (excluding diaryl/α,β-unsaturated/α-hetero) is 1. The zero-order chi connectivity index (χ0) is 20.2. The van der Waals surface area contributed by atoms with E-state index in [0.717, 1.165) is 58.1 Å². The molecule has 0 bridgehead atoms. The van der Waals surface area contributed by atoms with Crippen LogP contribution in [0.1, 0.15) is 34.6 Å². The van der Waals surface area contributed by atoms with Crippen LogP contribution in [-0.4, -0.2) is 45.6 Å². The highest BCUT2D eigenvalue weighted by Crippen LogP contribution is 2.28. The minimum atomic E-state index is 0.106. The monoisotopic (exact) mass is 428 g/mol. The van der Waals surface area contributed by atoms with Gasteiger partial charge in [-0.3, -0.25) is 4.79 Å². The Bertz CT molecular complexity index is 978. The molecule has 1 aliphatic heterocycles. The molecular weight excluding hydrogens is 404 g/mol. The molecule has 0 unspecified atom stereocenters. The van der Waals surface area contributed by atoms with Gasteiger partial charge in [0, 0.05) is 35.8 Å². The van der Waals surface area contributed by atoms with Crippen molar-refractivity contribution in [3.8, 4) is 5.69 Å². The number of hydrogen-bond acceptors (Lipinski definition) is 7. The van der Waals surface area contributed by atoms with Crippen LogP contribution in [0.2, 0.25) is 0 Å². The Morgan fingerprint density at radius 1 is 1.31 bits per heavy atom. The molecule has 4 rings (SSSR count). The lowest BCUT2D eigenvalue weighted by Gasteiger charge is -2.09. The Hall–Kier alpha value is -2.16. The molecule has 2 aromatic heterocycles. The second-order valence-corrected chi connectivity index (χ2v) is 9.26. The van der Waals surface area contributed by atoms with Gasteiger partial charge >= 0.3 is 0 Å². The average molecular weight is 429 g/mol. The third-order valence-corrected chi connectivity index (χ3v) is 7.00. The first-order valence-electron chi connectivity index (χ1n) is 9.71. The summed E-state index contributed by atoms with van der Waals surface area (Å²) in [6.07, 6.45) is 2.47. The van der Waals surface area contributed by atoms with Crippen molar-refractivity contribution in [3.05, 3.63) is 53.3 Å². The second-order valence-electron chi connectivity index (χ2n) is 7.06. The summed E-state index contributed by atoms with van der Waals surface area (Å²) < 4.78 is 8.52. The van der Waals surface area contributed by atoms with Crippen LogP contribution in [-0.2, 0) is 4.74 Å². The Labute approximate surface area is 178 Å². The zero-order valence-corrected chi connectivity index (χ0v) is 18.2. The Morgan fingerprint density at radius 3 is 2.90 bits per heavy atom. The topological polar surface area (TPSA) is 69.0 Å². The number of aryl methyl sites for hydroxylation is 1. The summed E-state index contributed by atoms with van der Waals surface area (Å²) in [6, 6.07) is 12.1. The van der Waals surface area contributed by atoms with Crippen LogP contribution < -0.4 is 5.32 Å². The van der Waals surface area contributed by atoms with Gasteiger partial charge < -0.3 is 14.6 Å². The number of aromatic nitrogens is 3. The van der Waals surface area contributed by atoms with E-state index in [2.05, 4.69) is 32.2 Å². The molecule has 1 aromatic carbocycles. The van der Waals surface area contributed by atoms with E-state index in [1.54, 1.807) is 0 Å². The Kier molecular flexibility index (Phi) is 6.32. The van der Waals surface area contributed by atoms with Crippen molar-refractivity contribution in [2.75, 3.05) is 24.2 Å². The lowest BCUT2D eigenvalue weighted by atomic mass is 10.2. The molecule has 152 valence electrons. The van der Waals surface area contributed by atoms with Gasteiger partial charge in [-0.2, -0.15) is 0 Å². The summed E-state index contributed by atoms with van der Waals surface area (Å²) in [4.78, 5) is 12.8. The molecule has 29 heavy (non-hydrogen) atoms. The lowest BCUT2D eigenvalue weighted by Crippen LogP contribution is -2.18. The molecular formula is C21H24N4O2S2. The second kappa shape index (κ2) is 9.11. The molecule has 1 atom stereocenters. The van der Waals surface area contributed by atoms with Crippen molar-refractivity contribution in [3.63, 3.8) is 0 Å². The van der Waals surface area contributed by atoms with Crippen molar-refractivity contribution >= 4 is 34.0 Å². The first-order chi connectivity index (χ1) is 14.1. The molecule has 0 spiro atoms. The zero-order valence-electron chi connectivity index (χ0n) is 16.6. The molecule has 0 aliphatic carbocycles. The van der Waals surface area contributed by atoms with Gasteiger partial charge in [0.25, 0.3) is 0 Å². The van der Waals surface area contributed by atoms with Crippen molar-refractivity contribution in [1.29, 1.82) is 0 Å². The van der Waals surface area contributed by atoms with Gasteiger partial charge in [-0.25, -0.2) is 0 Å². The lowest BCUT2D eigenvalue weighted by molar-refractivity contribution is 0.102. The quantitative estimate of drug-likeness (QED) is 0.420. The molecule has 1 fully saturated rings. The molecule has 1 saturated heterocycles. The van der Waals surface area contributed by atoms with E-state index in [1.807, 2.05) is 38.1 Å². The van der Waals surface area contributed by atoms with E-state index >= 15 is 0 Å². The fourth-order valence-electron chi connectivity index (χ4n) is 3.57. The summed E-state index contributed by atoms with van der Waals surface area (Å²) in [5.41, 5.74) is 3.86. The molecule has 0 amide bonds. The highest BCUT2D eigenvalue weighted by molar-refractivity contribution is 8.01. The number of nitrogens with zero attached hydrogens (tertiary/aromatic N) is 3. The predicted octanol–water partition coefficient (Wildman–Crippen LogP) is 4.51. The van der Waals surface area contributed by atoms with Gasteiger partial charge in [-0.1, -0.05) is 41.3 Å². The average Bonchev–Trinajstić information content (AvgIpc) is 3.46. The van der Waals surface area contributed by atoms with Crippen LogP contribution in [0.15, 0.2) is 40.7 Å². The number of nitrogens with one attached hydrogen (secondary N) is 1. The summed E-state index contributed by atoms with van der Waals surface area (Å²) >= 11 is 2.92. The van der Waals surface area contributed by atoms with E-state index in [0.29, 0.717) is 5.75 Å². The van der Waals surface area contributed by atoms with Crippen LogP contribution in [0.5, 0.6) is 0 Å². The number of carbonyl (C=O) groups excluding carboxylic acids is 1. The molecule has 3 heterocycles. The third kappa shape index (κ3) is 4.71. The fourth-order valence-corrected chi connectivity index (χ4v) is 5.21. The van der Waals surface area contributed by atoms with E-state index < -0.39 is 0 Å². The standard InChI is InChI=1S/C21H24N4O2S2/c1-14-11-18(15(2)25(14)16-7-4-3-5-8-16)19(26)13-28-21-24-23-20(29-21)22-12-17-9-6-10-27-17/h3-5,7-8,11,17H,6,9-10,12-13H2,1-2H3,(H,22,23)/t17-/m1/s1. The van der Waals surface area contributed by atoms with Gasteiger partial charge in [0.2, 0.25) is 5.13 Å². The van der Waals surface area contributed by atoms with Crippen molar-refractivity contribution < 1.29 is 9.53 Å². The molecule has 1 aliphatic rings. The number of rotatable bonds is 8. The molecule has 1 N–H and O–H groups in total. The largest absolute Gasteiger partial charge is 0.376 e. The molecule has 3 aromatic rings. The van der Waals surface area contributed by atoms with Gasteiger partial charge in [-0.05, 0) is 44.9 Å². The number of benzene rings is 1. The maximum absolute atomic E-state index is 12.8. The third-order valence-electron chi connectivity index (χ3n) is 4.98. The van der Waals surface area contributed by atoms with Gasteiger partial charge in [0.05, 0.1) is 11.9 Å². The highest BCUT2D eigenvalue weighted by Gasteiger charge is 2.18. The van der Waals surface area contributed by atoms with E-state index in [1.165, 1.54) is 23.1 Å². The minimum absolute atomic E-state index is 0.106. The van der Waals surface area contributed by atoms with Gasteiger partial charge in [0.1, 0.15) is 0 Å². The Balaban J connectivity index is 1.37. The summed E-state index contributed by atoms with van der Waals surface area (Å²) in [5, 5.41) is 12.4.